The normalized spacial score (nSPS) is 11.0. The average Bonchev–Trinajstić information content (AvgIpc) is 2.69. The summed E-state index contributed by atoms with van der Waals surface area (Å²) in [4.78, 5) is 11.7. The van der Waals surface area contributed by atoms with E-state index in [0.29, 0.717) is 11.5 Å². The molecule has 0 aliphatic heterocycles. The Morgan fingerprint density at radius 3 is 1.43 bits per heavy atom. The Labute approximate surface area is 157 Å². The van der Waals surface area contributed by atoms with E-state index in [0.717, 1.165) is 12.1 Å². The minimum absolute atomic E-state index is 0.0277. The molecular weight excluding hydrogens is 379 g/mol. The molecule has 1 heterocycles. The van der Waals surface area contributed by atoms with Gasteiger partial charge in [0.25, 0.3) is 0 Å². The van der Waals surface area contributed by atoms with Crippen LogP contribution in [0, 0.1) is 0 Å². The predicted molar refractivity (Wildman–Crippen MR) is 91.0 cm³/mol. The van der Waals surface area contributed by atoms with Crippen LogP contribution in [0.2, 0.25) is 0 Å². The van der Waals surface area contributed by atoms with Gasteiger partial charge in [-0.1, -0.05) is 0 Å². The lowest BCUT2D eigenvalue weighted by Crippen LogP contribution is -2.03. The second-order valence-corrected chi connectivity index (χ2v) is 5.29. The van der Waals surface area contributed by atoms with E-state index in [2.05, 4.69) is 15.0 Å². The molecule has 0 bridgehead atoms. The molecule has 0 atom stereocenters. The topological polar surface area (TPSA) is 75.6 Å². The van der Waals surface area contributed by atoms with Crippen molar-refractivity contribution < 1.29 is 32.1 Å². The summed E-state index contributed by atoms with van der Waals surface area (Å²) >= 11 is 0. The molecule has 0 N–H and O–H groups in total. The molecule has 10 heteroatoms. The van der Waals surface area contributed by atoms with E-state index in [-0.39, 0.29) is 23.8 Å². The molecule has 7 nitrogen and oxygen atoms in total. The summed E-state index contributed by atoms with van der Waals surface area (Å²) in [6.07, 6.45) is -4.39. The van der Waals surface area contributed by atoms with E-state index >= 15 is 0 Å². The maximum Gasteiger partial charge on any atom is 0.416 e. The van der Waals surface area contributed by atoms with E-state index in [9.17, 15) is 13.2 Å². The zero-order valence-electron chi connectivity index (χ0n) is 14.7. The second kappa shape index (κ2) is 7.99. The minimum atomic E-state index is -4.39. The molecule has 1 aromatic heterocycles. The molecule has 0 unspecified atom stereocenters. The van der Waals surface area contributed by atoms with Gasteiger partial charge in [-0.05, 0) is 48.5 Å². The molecular formula is C18H14F3N3O4. The number of halogens is 3. The van der Waals surface area contributed by atoms with Gasteiger partial charge in [0, 0.05) is 0 Å². The summed E-state index contributed by atoms with van der Waals surface area (Å²) < 4.78 is 58.7. The third kappa shape index (κ3) is 4.78. The third-order valence-electron chi connectivity index (χ3n) is 3.39. The van der Waals surface area contributed by atoms with Gasteiger partial charge >= 0.3 is 24.2 Å². The Balaban J connectivity index is 1.68. The molecule has 0 amide bonds. The third-order valence-corrected chi connectivity index (χ3v) is 3.39. The SMILES string of the molecule is COc1nc(OC)nc(Oc2ccc(Oc3ccc(C(F)(F)F)cc3)cc2)n1. The van der Waals surface area contributed by atoms with Crippen molar-refractivity contribution in [2.45, 2.75) is 6.18 Å². The lowest BCUT2D eigenvalue weighted by atomic mass is 10.2. The van der Waals surface area contributed by atoms with E-state index in [4.69, 9.17) is 18.9 Å². The first-order chi connectivity index (χ1) is 13.4. The average molecular weight is 393 g/mol. The van der Waals surface area contributed by atoms with Gasteiger partial charge in [-0.3, -0.25) is 0 Å². The lowest BCUT2D eigenvalue weighted by Gasteiger charge is -2.10. The van der Waals surface area contributed by atoms with Crippen LogP contribution in [0.4, 0.5) is 13.2 Å². The number of nitrogens with zero attached hydrogens (tertiary/aromatic N) is 3. The summed E-state index contributed by atoms with van der Waals surface area (Å²) in [6, 6.07) is 10.8. The molecule has 2 aromatic carbocycles. The van der Waals surface area contributed by atoms with Crippen molar-refractivity contribution in [2.24, 2.45) is 0 Å². The Hall–Kier alpha value is -3.56. The van der Waals surface area contributed by atoms with Crippen molar-refractivity contribution in [1.82, 2.24) is 15.0 Å². The molecule has 3 rings (SSSR count). The predicted octanol–water partition coefficient (Wildman–Crippen LogP) is 4.49. The summed E-state index contributed by atoms with van der Waals surface area (Å²) in [7, 11) is 2.79. The first-order valence-corrected chi connectivity index (χ1v) is 7.84. The molecule has 0 radical (unpaired) electrons. The number of benzene rings is 2. The first kappa shape index (κ1) is 19.2. The molecule has 0 fully saturated rings. The number of rotatable bonds is 6. The van der Waals surface area contributed by atoms with Crippen LogP contribution in [-0.4, -0.2) is 29.2 Å². The van der Waals surface area contributed by atoms with E-state index in [1.54, 1.807) is 24.3 Å². The van der Waals surface area contributed by atoms with Crippen LogP contribution in [0.5, 0.6) is 35.3 Å². The molecule has 0 aliphatic rings. The fourth-order valence-electron chi connectivity index (χ4n) is 2.08. The molecule has 0 saturated carbocycles. The minimum Gasteiger partial charge on any atom is -0.467 e. The zero-order chi connectivity index (χ0) is 20.1. The van der Waals surface area contributed by atoms with Gasteiger partial charge in [0.05, 0.1) is 19.8 Å². The van der Waals surface area contributed by atoms with E-state index in [1.807, 2.05) is 0 Å². The number of hydrogen-bond acceptors (Lipinski definition) is 7. The highest BCUT2D eigenvalue weighted by Crippen LogP contribution is 2.32. The van der Waals surface area contributed by atoms with Gasteiger partial charge in [-0.25, -0.2) is 0 Å². The number of aromatic nitrogens is 3. The summed E-state index contributed by atoms with van der Waals surface area (Å²) in [6.45, 7) is 0. The first-order valence-electron chi connectivity index (χ1n) is 7.84. The molecule has 0 spiro atoms. The lowest BCUT2D eigenvalue weighted by molar-refractivity contribution is -0.137. The van der Waals surface area contributed by atoms with E-state index in [1.165, 1.54) is 26.4 Å². The fraction of sp³-hybridized carbons (Fsp3) is 0.167. The van der Waals surface area contributed by atoms with Crippen LogP contribution in [0.1, 0.15) is 5.56 Å². The smallest absolute Gasteiger partial charge is 0.416 e. The monoisotopic (exact) mass is 393 g/mol. The van der Waals surface area contributed by atoms with Crippen molar-refractivity contribution in [3.63, 3.8) is 0 Å². The largest absolute Gasteiger partial charge is 0.467 e. The van der Waals surface area contributed by atoms with Gasteiger partial charge < -0.3 is 18.9 Å². The molecule has 28 heavy (non-hydrogen) atoms. The molecule has 146 valence electrons. The maximum absolute atomic E-state index is 12.6. The Bertz CT molecular complexity index is 910. The second-order valence-electron chi connectivity index (χ2n) is 5.29. The standard InChI is InChI=1S/C18H14F3N3O4/c1-25-15-22-16(26-2)24-17(23-15)28-14-9-7-13(8-10-14)27-12-5-3-11(4-6-12)18(19,20)21/h3-10H,1-2H3. The van der Waals surface area contributed by atoms with Crippen molar-refractivity contribution in [2.75, 3.05) is 14.2 Å². The van der Waals surface area contributed by atoms with Gasteiger partial charge in [-0.15, -0.1) is 15.0 Å². The number of methoxy groups -OCH3 is 2. The number of hydrogen-bond donors (Lipinski definition) is 0. The number of alkyl halides is 3. The maximum atomic E-state index is 12.6. The van der Waals surface area contributed by atoms with Crippen LogP contribution in [-0.2, 0) is 6.18 Å². The fourth-order valence-corrected chi connectivity index (χ4v) is 2.08. The Morgan fingerprint density at radius 1 is 0.607 bits per heavy atom. The van der Waals surface area contributed by atoms with Crippen LogP contribution < -0.4 is 18.9 Å². The summed E-state index contributed by atoms with van der Waals surface area (Å²) in [5.74, 6) is 1.08. The zero-order valence-corrected chi connectivity index (χ0v) is 14.7. The van der Waals surface area contributed by atoms with Gasteiger partial charge in [0.2, 0.25) is 0 Å². The Morgan fingerprint density at radius 2 is 1.00 bits per heavy atom. The van der Waals surface area contributed by atoms with Crippen molar-refractivity contribution in [3.05, 3.63) is 54.1 Å². The quantitative estimate of drug-likeness (QED) is 0.611. The molecule has 0 saturated heterocycles. The Kier molecular flexibility index (Phi) is 5.48. The van der Waals surface area contributed by atoms with Crippen LogP contribution in [0.3, 0.4) is 0 Å². The van der Waals surface area contributed by atoms with Crippen molar-refractivity contribution in [1.29, 1.82) is 0 Å². The number of ether oxygens (including phenoxy) is 4. The summed E-state index contributed by atoms with van der Waals surface area (Å²) in [5, 5.41) is 0. The van der Waals surface area contributed by atoms with Crippen LogP contribution in [0.25, 0.3) is 0 Å². The van der Waals surface area contributed by atoms with Gasteiger partial charge in [0.1, 0.15) is 17.2 Å². The van der Waals surface area contributed by atoms with Crippen molar-refractivity contribution >= 4 is 0 Å². The van der Waals surface area contributed by atoms with Crippen LogP contribution >= 0.6 is 0 Å². The molecule has 3 aromatic rings. The van der Waals surface area contributed by atoms with Gasteiger partial charge in [0.15, 0.2) is 0 Å². The summed E-state index contributed by atoms with van der Waals surface area (Å²) in [5.41, 5.74) is -0.744. The highest BCUT2D eigenvalue weighted by molar-refractivity contribution is 5.37. The highest BCUT2D eigenvalue weighted by atomic mass is 19.4. The highest BCUT2D eigenvalue weighted by Gasteiger charge is 2.30. The van der Waals surface area contributed by atoms with Crippen LogP contribution in [0.15, 0.2) is 48.5 Å². The molecule has 0 aliphatic carbocycles. The van der Waals surface area contributed by atoms with E-state index < -0.39 is 11.7 Å². The van der Waals surface area contributed by atoms with Gasteiger partial charge in [-0.2, -0.15) is 13.2 Å². The van der Waals surface area contributed by atoms with Crippen molar-refractivity contribution in [3.8, 4) is 35.3 Å².